The summed E-state index contributed by atoms with van der Waals surface area (Å²) in [7, 11) is 0. The van der Waals surface area contributed by atoms with Gasteiger partial charge in [0.05, 0.1) is 10.4 Å². The van der Waals surface area contributed by atoms with Crippen molar-refractivity contribution in [1.82, 2.24) is 0 Å². The van der Waals surface area contributed by atoms with E-state index in [1.165, 1.54) is 15.8 Å². The van der Waals surface area contributed by atoms with Gasteiger partial charge in [-0.15, -0.1) is 22.9 Å². The summed E-state index contributed by atoms with van der Waals surface area (Å²) < 4.78 is 1.31. The Morgan fingerprint density at radius 2 is 2.23 bits per heavy atom. The number of alkyl halides is 1. The lowest BCUT2D eigenvalue weighted by Crippen LogP contribution is -2.01. The molecule has 0 atom stereocenters. The molecular weight excluding hydrogens is 202 g/mol. The lowest BCUT2D eigenvalue weighted by molar-refractivity contribution is 1.23. The zero-order chi connectivity index (χ0) is 9.10. The fourth-order valence-corrected chi connectivity index (χ4v) is 2.30. The number of rotatable bonds is 3. The largest absolute Gasteiger partial charge is 0.383 e. The molecular formula is C10H10ClNS. The second-order valence-electron chi connectivity index (χ2n) is 2.76. The molecule has 0 aliphatic rings. The second kappa shape index (κ2) is 3.99. The van der Waals surface area contributed by atoms with Gasteiger partial charge in [-0.05, 0) is 22.9 Å². The average molecular weight is 212 g/mol. The van der Waals surface area contributed by atoms with Crippen molar-refractivity contribution in [2.45, 2.75) is 0 Å². The van der Waals surface area contributed by atoms with Crippen LogP contribution in [0.5, 0.6) is 0 Å². The van der Waals surface area contributed by atoms with E-state index >= 15 is 0 Å². The van der Waals surface area contributed by atoms with Crippen LogP contribution in [0.2, 0.25) is 0 Å². The first-order valence-electron chi connectivity index (χ1n) is 4.18. The summed E-state index contributed by atoms with van der Waals surface area (Å²) in [6.45, 7) is 0.818. The minimum atomic E-state index is 0.641. The van der Waals surface area contributed by atoms with Crippen molar-refractivity contribution in [1.29, 1.82) is 0 Å². The molecule has 0 saturated carbocycles. The monoisotopic (exact) mass is 211 g/mol. The third-order valence-electron chi connectivity index (χ3n) is 1.89. The van der Waals surface area contributed by atoms with Crippen molar-refractivity contribution in [3.05, 3.63) is 29.6 Å². The molecule has 2 aromatic rings. The standard InChI is InChI=1S/C10H10ClNS/c11-5-6-12-9-3-1-2-8-4-7-13-10(8)9/h1-4,7,12H,5-6H2. The fourth-order valence-electron chi connectivity index (χ4n) is 1.31. The van der Waals surface area contributed by atoms with E-state index in [1.54, 1.807) is 11.3 Å². The van der Waals surface area contributed by atoms with Gasteiger partial charge in [-0.25, -0.2) is 0 Å². The van der Waals surface area contributed by atoms with Crippen molar-refractivity contribution in [3.63, 3.8) is 0 Å². The predicted octanol–water partition coefficient (Wildman–Crippen LogP) is 3.55. The summed E-state index contributed by atoms with van der Waals surface area (Å²) in [5, 5.41) is 6.71. The first-order chi connectivity index (χ1) is 6.42. The van der Waals surface area contributed by atoms with E-state index in [0.717, 1.165) is 6.54 Å². The normalized spacial score (nSPS) is 10.5. The van der Waals surface area contributed by atoms with Gasteiger partial charge in [-0.1, -0.05) is 12.1 Å². The van der Waals surface area contributed by atoms with Crippen molar-refractivity contribution in [2.75, 3.05) is 17.7 Å². The number of anilines is 1. The molecule has 68 valence electrons. The maximum absolute atomic E-state index is 5.62. The average Bonchev–Trinajstić information content (AvgIpc) is 2.62. The van der Waals surface area contributed by atoms with E-state index in [9.17, 15) is 0 Å². The Bertz CT molecular complexity index is 396. The number of nitrogens with one attached hydrogen (secondary N) is 1. The first-order valence-corrected chi connectivity index (χ1v) is 5.59. The van der Waals surface area contributed by atoms with Gasteiger partial charge in [0.25, 0.3) is 0 Å². The number of benzene rings is 1. The molecule has 0 fully saturated rings. The van der Waals surface area contributed by atoms with E-state index in [2.05, 4.69) is 35.0 Å². The molecule has 13 heavy (non-hydrogen) atoms. The number of hydrogen-bond acceptors (Lipinski definition) is 2. The SMILES string of the molecule is ClCCNc1cccc2ccsc12. The van der Waals surface area contributed by atoms with Gasteiger partial charge in [-0.2, -0.15) is 0 Å². The molecule has 1 heterocycles. The minimum absolute atomic E-state index is 0.641. The molecule has 1 aromatic carbocycles. The van der Waals surface area contributed by atoms with E-state index in [-0.39, 0.29) is 0 Å². The van der Waals surface area contributed by atoms with Gasteiger partial charge in [0.1, 0.15) is 0 Å². The summed E-state index contributed by atoms with van der Waals surface area (Å²) in [6, 6.07) is 8.40. The van der Waals surface area contributed by atoms with Crippen LogP contribution < -0.4 is 5.32 Å². The summed E-state index contributed by atoms with van der Waals surface area (Å²) in [5.41, 5.74) is 1.19. The van der Waals surface area contributed by atoms with Crippen LogP contribution in [-0.2, 0) is 0 Å². The Kier molecular flexibility index (Phi) is 2.71. The van der Waals surface area contributed by atoms with Crippen LogP contribution in [0.15, 0.2) is 29.6 Å². The zero-order valence-corrected chi connectivity index (χ0v) is 8.66. The van der Waals surface area contributed by atoms with Gasteiger partial charge in [0.15, 0.2) is 0 Å². The fraction of sp³-hybridized carbons (Fsp3) is 0.200. The molecule has 3 heteroatoms. The van der Waals surface area contributed by atoms with Crippen molar-refractivity contribution >= 4 is 38.7 Å². The van der Waals surface area contributed by atoms with Crippen molar-refractivity contribution in [2.24, 2.45) is 0 Å². The second-order valence-corrected chi connectivity index (χ2v) is 4.05. The highest BCUT2D eigenvalue weighted by molar-refractivity contribution is 7.17. The summed E-state index contributed by atoms with van der Waals surface area (Å²) in [4.78, 5) is 0. The molecule has 0 aliphatic carbocycles. The molecule has 1 nitrogen and oxygen atoms in total. The molecule has 0 spiro atoms. The maximum Gasteiger partial charge on any atom is 0.0574 e. The molecule has 0 radical (unpaired) electrons. The number of thiophene rings is 1. The number of hydrogen-bond donors (Lipinski definition) is 1. The van der Waals surface area contributed by atoms with Crippen LogP contribution >= 0.6 is 22.9 Å². The van der Waals surface area contributed by atoms with E-state index < -0.39 is 0 Å². The zero-order valence-electron chi connectivity index (χ0n) is 7.09. The lowest BCUT2D eigenvalue weighted by Gasteiger charge is -2.04. The van der Waals surface area contributed by atoms with Gasteiger partial charge < -0.3 is 5.32 Å². The van der Waals surface area contributed by atoms with E-state index in [1.807, 2.05) is 0 Å². The van der Waals surface area contributed by atoms with Crippen LogP contribution in [0, 0.1) is 0 Å². The molecule has 0 saturated heterocycles. The molecule has 1 N–H and O–H groups in total. The van der Waals surface area contributed by atoms with Gasteiger partial charge in [0, 0.05) is 12.4 Å². The van der Waals surface area contributed by atoms with Gasteiger partial charge in [0.2, 0.25) is 0 Å². The Hall–Kier alpha value is -0.730. The summed E-state index contributed by atoms with van der Waals surface area (Å²) in [6.07, 6.45) is 0. The number of fused-ring (bicyclic) bond motifs is 1. The molecule has 0 unspecified atom stereocenters. The maximum atomic E-state index is 5.62. The van der Waals surface area contributed by atoms with Crippen LogP contribution in [0.25, 0.3) is 10.1 Å². The third kappa shape index (κ3) is 1.79. The van der Waals surface area contributed by atoms with Crippen molar-refractivity contribution in [3.8, 4) is 0 Å². The van der Waals surface area contributed by atoms with Crippen LogP contribution in [-0.4, -0.2) is 12.4 Å². The Morgan fingerprint density at radius 3 is 3.08 bits per heavy atom. The topological polar surface area (TPSA) is 12.0 Å². The first kappa shape index (κ1) is 8.85. The molecule has 1 aromatic heterocycles. The smallest absolute Gasteiger partial charge is 0.0574 e. The third-order valence-corrected chi connectivity index (χ3v) is 3.04. The van der Waals surface area contributed by atoms with E-state index in [4.69, 9.17) is 11.6 Å². The highest BCUT2D eigenvalue weighted by Crippen LogP contribution is 2.28. The predicted molar refractivity (Wildman–Crippen MR) is 61.0 cm³/mol. The summed E-state index contributed by atoms with van der Waals surface area (Å²) in [5.74, 6) is 0.641. The Morgan fingerprint density at radius 1 is 1.31 bits per heavy atom. The quantitative estimate of drug-likeness (QED) is 0.766. The summed E-state index contributed by atoms with van der Waals surface area (Å²) >= 11 is 7.38. The van der Waals surface area contributed by atoms with Crippen LogP contribution in [0.1, 0.15) is 0 Å². The van der Waals surface area contributed by atoms with Gasteiger partial charge in [-0.3, -0.25) is 0 Å². The molecule has 2 rings (SSSR count). The lowest BCUT2D eigenvalue weighted by atomic mass is 10.2. The van der Waals surface area contributed by atoms with Crippen molar-refractivity contribution < 1.29 is 0 Å². The minimum Gasteiger partial charge on any atom is -0.383 e. The highest BCUT2D eigenvalue weighted by Gasteiger charge is 1.99. The molecule has 0 aliphatic heterocycles. The van der Waals surface area contributed by atoms with Gasteiger partial charge >= 0.3 is 0 Å². The van der Waals surface area contributed by atoms with Crippen LogP contribution in [0.3, 0.4) is 0 Å². The number of halogens is 1. The Balaban J connectivity index is 2.37. The molecule has 0 amide bonds. The molecule has 0 bridgehead atoms. The Labute approximate surface area is 86.3 Å². The highest BCUT2D eigenvalue weighted by atomic mass is 35.5. The van der Waals surface area contributed by atoms with Crippen LogP contribution in [0.4, 0.5) is 5.69 Å². The van der Waals surface area contributed by atoms with E-state index in [0.29, 0.717) is 5.88 Å².